The summed E-state index contributed by atoms with van der Waals surface area (Å²) in [6, 6.07) is 0. The number of carboxylic acid groups (broad SMARTS) is 1. The van der Waals surface area contributed by atoms with Gasteiger partial charge in [0.15, 0.2) is 5.75 Å². The number of rotatable bonds is 2. The van der Waals surface area contributed by atoms with Crippen LogP contribution in [0.5, 0.6) is 0 Å². The van der Waals surface area contributed by atoms with E-state index in [-0.39, 0.29) is 29.6 Å². The molecule has 0 rings (SSSR count). The van der Waals surface area contributed by atoms with Crippen LogP contribution >= 0.6 is 0 Å². The molecule has 0 heterocycles. The normalized spacial score (nSPS) is 8.92. The minimum Gasteiger partial charge on any atom is -0.480 e. The van der Waals surface area contributed by atoms with Gasteiger partial charge in [-0.15, -0.1) is 0 Å². The molecule has 0 aliphatic carbocycles. The van der Waals surface area contributed by atoms with Gasteiger partial charge in [0.2, 0.25) is 0 Å². The van der Waals surface area contributed by atoms with Gasteiger partial charge < -0.3 is 12.0 Å². The molecule has 0 unspecified atom stereocenters. The van der Waals surface area contributed by atoms with Crippen molar-refractivity contribution >= 4 is 16.1 Å². The second-order valence-corrected chi connectivity index (χ2v) is 3.07. The van der Waals surface area contributed by atoms with E-state index in [2.05, 4.69) is 6.92 Å². The van der Waals surface area contributed by atoms with E-state index >= 15 is 0 Å². The summed E-state index contributed by atoms with van der Waals surface area (Å²) < 4.78 is 27.0. The van der Waals surface area contributed by atoms with E-state index in [1.54, 1.807) is 0 Å². The molecule has 0 fully saturated rings. The average molecular weight is 206 g/mol. The zero-order valence-corrected chi connectivity index (χ0v) is 9.97. The molecule has 68 valence electrons. The topological polar surface area (TPSA) is 91.7 Å². The molecule has 0 saturated heterocycles. The van der Waals surface area contributed by atoms with Gasteiger partial charge in [-0.2, -0.15) is 14.8 Å². The Morgan fingerprint density at radius 2 is 1.75 bits per heavy atom. The van der Waals surface area contributed by atoms with E-state index < -0.39 is 21.8 Å². The molecule has 7 heteroatoms. The van der Waals surface area contributed by atoms with Crippen molar-refractivity contribution in [3.05, 3.63) is 6.92 Å². The maximum Gasteiger partial charge on any atom is 1.00 e. The van der Waals surface area contributed by atoms with Crippen LogP contribution in [0.1, 0.15) is 13.3 Å². The summed E-state index contributed by atoms with van der Waals surface area (Å²) in [5.41, 5.74) is 0. The Morgan fingerprint density at radius 1 is 1.50 bits per heavy atom. The molecule has 0 aliphatic heterocycles. The summed E-state index contributed by atoms with van der Waals surface area (Å²) in [5.74, 6) is -2.79. The Balaban J connectivity index is -0.000000177. The maximum absolute atomic E-state index is 9.62. The van der Waals surface area contributed by atoms with Crippen LogP contribution in [0.4, 0.5) is 0 Å². The maximum atomic E-state index is 9.62. The van der Waals surface area contributed by atoms with Crippen LogP contribution in [0.2, 0.25) is 0 Å². The number of hydrogen-bond acceptors (Lipinski definition) is 3. The van der Waals surface area contributed by atoms with Gasteiger partial charge in [-0.3, -0.25) is 9.35 Å². The number of carboxylic acids is 1. The van der Waals surface area contributed by atoms with Crippen LogP contribution < -0.4 is 29.6 Å². The van der Waals surface area contributed by atoms with Gasteiger partial charge in [0.05, 0.1) is 0 Å². The van der Waals surface area contributed by atoms with Gasteiger partial charge in [-0.25, -0.2) is 0 Å². The predicted molar refractivity (Wildman–Crippen MR) is 39.7 cm³/mol. The van der Waals surface area contributed by atoms with E-state index in [9.17, 15) is 13.2 Å². The average Bonchev–Trinajstić information content (AvgIpc) is 1.57. The molecule has 0 bridgehead atoms. The molecule has 0 aromatic carbocycles. The SMILES string of the molecule is O=C(O)CS(=O)(=O)O.[CH2-]CC.[Na+]. The van der Waals surface area contributed by atoms with Gasteiger partial charge in [0.25, 0.3) is 10.1 Å². The van der Waals surface area contributed by atoms with Crippen molar-refractivity contribution in [3.8, 4) is 0 Å². The molecule has 0 atom stereocenters. The first kappa shape index (κ1) is 18.2. The molecule has 0 aliphatic rings. The number of carbonyl (C=O) groups is 1. The molecule has 5 nitrogen and oxygen atoms in total. The Hall–Kier alpha value is 0.380. The Morgan fingerprint density at radius 3 is 1.75 bits per heavy atom. The molecule has 2 N–H and O–H groups in total. The first-order chi connectivity index (χ1) is 4.83. The second-order valence-electron chi connectivity index (χ2n) is 1.62. The summed E-state index contributed by atoms with van der Waals surface area (Å²) >= 11 is 0. The zero-order valence-electron chi connectivity index (χ0n) is 7.15. The van der Waals surface area contributed by atoms with Crippen LogP contribution in [0.25, 0.3) is 0 Å². The molecule has 0 spiro atoms. The summed E-state index contributed by atoms with van der Waals surface area (Å²) in [4.78, 5) is 9.48. The quantitative estimate of drug-likeness (QED) is 0.289. The monoisotopic (exact) mass is 206 g/mol. The Bertz CT molecular complexity index is 198. The summed E-state index contributed by atoms with van der Waals surface area (Å²) in [7, 11) is -4.32. The van der Waals surface area contributed by atoms with Crippen LogP contribution in [0.3, 0.4) is 0 Å². The molecule has 0 radical (unpaired) electrons. The smallest absolute Gasteiger partial charge is 0.480 e. The van der Waals surface area contributed by atoms with Gasteiger partial charge in [-0.1, -0.05) is 6.92 Å². The summed E-state index contributed by atoms with van der Waals surface area (Å²) in [6.45, 7) is 5.50. The van der Waals surface area contributed by atoms with Gasteiger partial charge in [-0.05, 0) is 0 Å². The summed E-state index contributed by atoms with van der Waals surface area (Å²) in [6.07, 6.45) is 1.00. The minimum absolute atomic E-state index is 0. The van der Waals surface area contributed by atoms with Crippen molar-refractivity contribution in [2.45, 2.75) is 13.3 Å². The van der Waals surface area contributed by atoms with Gasteiger partial charge in [0, 0.05) is 0 Å². The third-order valence-electron chi connectivity index (χ3n) is 0.306. The Labute approximate surface area is 94.2 Å². The predicted octanol–water partition coefficient (Wildman–Crippen LogP) is -2.81. The van der Waals surface area contributed by atoms with Crippen molar-refractivity contribution in [3.63, 3.8) is 0 Å². The van der Waals surface area contributed by atoms with E-state index in [0.29, 0.717) is 0 Å². The van der Waals surface area contributed by atoms with Crippen molar-refractivity contribution in [1.82, 2.24) is 0 Å². The van der Waals surface area contributed by atoms with Crippen molar-refractivity contribution in [2.24, 2.45) is 0 Å². The van der Waals surface area contributed by atoms with E-state index in [1.165, 1.54) is 0 Å². The van der Waals surface area contributed by atoms with Crippen LogP contribution in [0.15, 0.2) is 0 Å². The molecule has 12 heavy (non-hydrogen) atoms. The fraction of sp³-hybridized carbons (Fsp3) is 0.600. The molecule has 0 aromatic rings. The van der Waals surface area contributed by atoms with E-state index in [4.69, 9.17) is 9.66 Å². The van der Waals surface area contributed by atoms with Crippen molar-refractivity contribution in [1.29, 1.82) is 0 Å². The molecular formula is C5H11NaO5S. The van der Waals surface area contributed by atoms with E-state index in [1.807, 2.05) is 6.92 Å². The third kappa shape index (κ3) is 31.6. The molecule has 0 aromatic heterocycles. The van der Waals surface area contributed by atoms with Crippen molar-refractivity contribution in [2.75, 3.05) is 5.75 Å². The first-order valence-electron chi connectivity index (χ1n) is 2.79. The summed E-state index contributed by atoms with van der Waals surface area (Å²) in [5, 5.41) is 7.71. The standard InChI is InChI=1S/C3H7.C2H4O5S.Na/c1-3-2;3-2(4)1-8(5,6)7;/h1,3H2,2H3;1H2,(H,3,4)(H,5,6,7);/q-1;;+1. The molecule has 0 saturated carbocycles. The molecular weight excluding hydrogens is 195 g/mol. The molecule has 0 amide bonds. The van der Waals surface area contributed by atoms with Crippen molar-refractivity contribution < 1.29 is 52.4 Å². The van der Waals surface area contributed by atoms with Gasteiger partial charge in [0.1, 0.15) is 0 Å². The van der Waals surface area contributed by atoms with Gasteiger partial charge >= 0.3 is 35.5 Å². The van der Waals surface area contributed by atoms with Crippen LogP contribution in [0, 0.1) is 6.92 Å². The minimum atomic E-state index is -4.32. The van der Waals surface area contributed by atoms with Crippen LogP contribution in [-0.4, -0.2) is 29.8 Å². The second kappa shape index (κ2) is 9.47. The fourth-order valence-electron chi connectivity index (χ4n) is 0.156. The fourth-order valence-corrected chi connectivity index (χ4v) is 0.468. The van der Waals surface area contributed by atoms with E-state index in [0.717, 1.165) is 6.42 Å². The Kier molecular flexibility index (Phi) is 14.4. The number of hydrogen-bond donors (Lipinski definition) is 2. The largest absolute Gasteiger partial charge is 1.00 e. The van der Waals surface area contributed by atoms with Crippen LogP contribution in [-0.2, 0) is 14.9 Å². The third-order valence-corrected chi connectivity index (χ3v) is 0.918. The first-order valence-corrected chi connectivity index (χ1v) is 4.40. The zero-order chi connectivity index (χ0) is 9.49. The number of aliphatic carboxylic acids is 1.